The maximum Gasteiger partial charge on any atom is 0.232 e. The van der Waals surface area contributed by atoms with Crippen LogP contribution in [0.25, 0.3) is 0 Å². The number of nitrogens with one attached hydrogen (secondary N) is 1. The van der Waals surface area contributed by atoms with E-state index in [9.17, 15) is 9.59 Å². The van der Waals surface area contributed by atoms with Gasteiger partial charge in [-0.05, 0) is 42.7 Å². The molecule has 2 rings (SSSR count). The molecule has 0 radical (unpaired) electrons. The average molecular weight is 275 g/mol. The average Bonchev–Trinajstić information content (AvgIpc) is 2.78. The highest BCUT2D eigenvalue weighted by molar-refractivity contribution is 7.04. The van der Waals surface area contributed by atoms with Crippen LogP contribution in [0.3, 0.4) is 0 Å². The molecule has 0 unspecified atom stereocenters. The van der Waals surface area contributed by atoms with Gasteiger partial charge in [0.25, 0.3) is 0 Å². The Labute approximate surface area is 114 Å². The van der Waals surface area contributed by atoms with Crippen LogP contribution in [-0.2, 0) is 4.79 Å². The van der Waals surface area contributed by atoms with Crippen molar-refractivity contribution in [2.45, 2.75) is 13.3 Å². The second-order valence-corrected chi connectivity index (χ2v) is 4.71. The van der Waals surface area contributed by atoms with E-state index in [1.807, 2.05) is 0 Å². The molecule has 0 spiro atoms. The molecule has 3 N–H and O–H groups in total. The molecule has 6 heteroatoms. The maximum atomic E-state index is 11.9. The number of benzene rings is 1. The van der Waals surface area contributed by atoms with Gasteiger partial charge < -0.3 is 11.1 Å². The highest BCUT2D eigenvalue weighted by Gasteiger charge is 2.15. The predicted molar refractivity (Wildman–Crippen MR) is 75.3 cm³/mol. The molecule has 0 fully saturated rings. The molecule has 0 aliphatic rings. The van der Waals surface area contributed by atoms with Crippen LogP contribution in [0.5, 0.6) is 0 Å². The first-order valence-electron chi connectivity index (χ1n) is 5.66. The van der Waals surface area contributed by atoms with Crippen LogP contribution in [0.4, 0.5) is 11.4 Å². The Balaban J connectivity index is 1.96. The number of aromatic nitrogens is 1. The Morgan fingerprint density at radius 1 is 1.32 bits per heavy atom. The van der Waals surface area contributed by atoms with Gasteiger partial charge in [0.1, 0.15) is 0 Å². The first kappa shape index (κ1) is 13.2. The number of carbonyl (C=O) groups is 2. The molecule has 98 valence electrons. The molecule has 0 saturated heterocycles. The molecular weight excluding hydrogens is 262 g/mol. The molecule has 2 aromatic rings. The Morgan fingerprint density at radius 3 is 2.58 bits per heavy atom. The normalized spacial score (nSPS) is 10.2. The van der Waals surface area contributed by atoms with Crippen LogP contribution in [0, 0.1) is 6.92 Å². The third-order valence-corrected chi connectivity index (χ3v) is 3.29. The van der Waals surface area contributed by atoms with Crippen LogP contribution < -0.4 is 11.1 Å². The third-order valence-electron chi connectivity index (χ3n) is 2.57. The van der Waals surface area contributed by atoms with Crippen molar-refractivity contribution in [1.82, 2.24) is 4.37 Å². The number of nitrogen functional groups attached to an aromatic ring is 1. The van der Waals surface area contributed by atoms with Crippen molar-refractivity contribution in [3.05, 3.63) is 40.9 Å². The SMILES string of the molecule is Cc1nscc1C(=O)CC(=O)Nc1ccc(N)cc1. The summed E-state index contributed by atoms with van der Waals surface area (Å²) in [6, 6.07) is 6.75. The zero-order valence-corrected chi connectivity index (χ0v) is 11.2. The van der Waals surface area contributed by atoms with Gasteiger partial charge in [0.15, 0.2) is 5.78 Å². The Bertz CT molecular complexity index is 605. The fourth-order valence-electron chi connectivity index (χ4n) is 1.57. The lowest BCUT2D eigenvalue weighted by molar-refractivity contribution is -0.115. The number of rotatable bonds is 4. The van der Waals surface area contributed by atoms with Crippen molar-refractivity contribution in [2.75, 3.05) is 11.1 Å². The Kier molecular flexibility index (Phi) is 3.91. The van der Waals surface area contributed by atoms with Crippen LogP contribution in [0.2, 0.25) is 0 Å². The summed E-state index contributed by atoms with van der Waals surface area (Å²) in [5.41, 5.74) is 7.96. The zero-order chi connectivity index (χ0) is 13.8. The quantitative estimate of drug-likeness (QED) is 0.509. The lowest BCUT2D eigenvalue weighted by Gasteiger charge is -2.04. The predicted octanol–water partition coefficient (Wildman–Crippen LogP) is 2.25. The van der Waals surface area contributed by atoms with E-state index in [0.29, 0.717) is 22.6 Å². The smallest absolute Gasteiger partial charge is 0.232 e. The molecule has 0 bridgehead atoms. The lowest BCUT2D eigenvalue weighted by Crippen LogP contribution is -2.16. The van der Waals surface area contributed by atoms with Gasteiger partial charge in [-0.25, -0.2) is 0 Å². The highest BCUT2D eigenvalue weighted by Crippen LogP contribution is 2.14. The Morgan fingerprint density at radius 2 is 2.00 bits per heavy atom. The molecule has 0 saturated carbocycles. The fourth-order valence-corrected chi connectivity index (χ4v) is 2.29. The van der Waals surface area contributed by atoms with E-state index < -0.39 is 0 Å². The number of aryl methyl sites for hydroxylation is 1. The van der Waals surface area contributed by atoms with Crippen molar-refractivity contribution in [2.24, 2.45) is 0 Å². The largest absolute Gasteiger partial charge is 0.399 e. The van der Waals surface area contributed by atoms with E-state index in [1.54, 1.807) is 36.6 Å². The van der Waals surface area contributed by atoms with Crippen LogP contribution in [-0.4, -0.2) is 16.1 Å². The lowest BCUT2D eigenvalue weighted by atomic mass is 10.1. The first-order valence-corrected chi connectivity index (χ1v) is 6.49. The summed E-state index contributed by atoms with van der Waals surface area (Å²) in [5, 5.41) is 4.31. The molecule has 0 aliphatic heterocycles. The van der Waals surface area contributed by atoms with Crippen molar-refractivity contribution in [3.8, 4) is 0 Å². The summed E-state index contributed by atoms with van der Waals surface area (Å²) >= 11 is 1.21. The third kappa shape index (κ3) is 3.38. The van der Waals surface area contributed by atoms with Gasteiger partial charge in [0, 0.05) is 16.8 Å². The summed E-state index contributed by atoms with van der Waals surface area (Å²) in [4.78, 5) is 23.6. The maximum absolute atomic E-state index is 11.9. The standard InChI is InChI=1S/C13H13N3O2S/c1-8-11(7-19-16-8)12(17)6-13(18)15-10-4-2-9(14)3-5-10/h2-5,7H,6,14H2,1H3,(H,15,18). The summed E-state index contributed by atoms with van der Waals surface area (Å²) in [6.07, 6.45) is -0.191. The van der Waals surface area contributed by atoms with Crippen LogP contribution in [0.15, 0.2) is 29.6 Å². The molecule has 1 aromatic carbocycles. The second-order valence-electron chi connectivity index (χ2n) is 4.08. The Hall–Kier alpha value is -2.21. The number of nitrogens with zero attached hydrogens (tertiary/aromatic N) is 1. The van der Waals surface area contributed by atoms with E-state index in [0.717, 1.165) is 0 Å². The minimum atomic E-state index is -0.347. The number of hydrogen-bond donors (Lipinski definition) is 2. The number of Topliss-reactive ketones (excluding diaryl/α,β-unsaturated/α-hetero) is 1. The van der Waals surface area contributed by atoms with Gasteiger partial charge in [0.2, 0.25) is 5.91 Å². The highest BCUT2D eigenvalue weighted by atomic mass is 32.1. The van der Waals surface area contributed by atoms with Crippen molar-refractivity contribution in [3.63, 3.8) is 0 Å². The van der Waals surface area contributed by atoms with Crippen LogP contribution in [0.1, 0.15) is 22.5 Å². The molecule has 5 nitrogen and oxygen atoms in total. The molecule has 0 atom stereocenters. The molecule has 19 heavy (non-hydrogen) atoms. The number of nitrogens with two attached hydrogens (primary N) is 1. The number of hydrogen-bond acceptors (Lipinski definition) is 5. The minimum absolute atomic E-state index is 0.191. The number of carbonyl (C=O) groups excluding carboxylic acids is 2. The number of amides is 1. The molecule has 1 heterocycles. The van der Waals surface area contributed by atoms with Crippen molar-refractivity contribution < 1.29 is 9.59 Å². The topological polar surface area (TPSA) is 85.1 Å². The van der Waals surface area contributed by atoms with Crippen LogP contribution >= 0.6 is 11.5 Å². The van der Waals surface area contributed by atoms with Gasteiger partial charge in [0.05, 0.1) is 17.7 Å². The van der Waals surface area contributed by atoms with Gasteiger partial charge >= 0.3 is 0 Å². The fraction of sp³-hybridized carbons (Fsp3) is 0.154. The monoisotopic (exact) mass is 275 g/mol. The van der Waals surface area contributed by atoms with E-state index in [2.05, 4.69) is 9.69 Å². The van der Waals surface area contributed by atoms with E-state index in [1.165, 1.54) is 11.5 Å². The van der Waals surface area contributed by atoms with Crippen molar-refractivity contribution in [1.29, 1.82) is 0 Å². The van der Waals surface area contributed by atoms with E-state index in [-0.39, 0.29) is 18.1 Å². The summed E-state index contributed by atoms with van der Waals surface area (Å²) in [5.74, 6) is -0.570. The van der Waals surface area contributed by atoms with Crippen molar-refractivity contribution >= 4 is 34.6 Å². The number of anilines is 2. The summed E-state index contributed by atoms with van der Waals surface area (Å²) < 4.78 is 4.01. The zero-order valence-electron chi connectivity index (χ0n) is 10.3. The molecule has 0 aliphatic carbocycles. The first-order chi connectivity index (χ1) is 9.06. The van der Waals surface area contributed by atoms with Gasteiger partial charge in [-0.3, -0.25) is 9.59 Å². The van der Waals surface area contributed by atoms with Gasteiger partial charge in [-0.2, -0.15) is 4.37 Å². The van der Waals surface area contributed by atoms with E-state index in [4.69, 9.17) is 5.73 Å². The minimum Gasteiger partial charge on any atom is -0.399 e. The molecule has 1 aromatic heterocycles. The molecular formula is C13H13N3O2S. The summed E-state index contributed by atoms with van der Waals surface area (Å²) in [6.45, 7) is 1.75. The second kappa shape index (κ2) is 5.62. The molecule has 1 amide bonds. The van der Waals surface area contributed by atoms with Gasteiger partial charge in [-0.1, -0.05) is 0 Å². The summed E-state index contributed by atoms with van der Waals surface area (Å²) in [7, 11) is 0. The van der Waals surface area contributed by atoms with Gasteiger partial charge in [-0.15, -0.1) is 0 Å². The number of ketones is 1. The van der Waals surface area contributed by atoms with E-state index >= 15 is 0 Å².